The van der Waals surface area contributed by atoms with Gasteiger partial charge in [-0.1, -0.05) is 0 Å². The predicted molar refractivity (Wildman–Crippen MR) is 69.9 cm³/mol. The molecule has 1 fully saturated rings. The third-order valence-electron chi connectivity index (χ3n) is 3.57. The van der Waals surface area contributed by atoms with Gasteiger partial charge >= 0.3 is 0 Å². The summed E-state index contributed by atoms with van der Waals surface area (Å²) in [5, 5.41) is 0. The highest BCUT2D eigenvalue weighted by Gasteiger charge is 2.12. The summed E-state index contributed by atoms with van der Waals surface area (Å²) < 4.78 is 2.21. The minimum atomic E-state index is 1.00. The molecule has 1 aliphatic heterocycles. The third kappa shape index (κ3) is 3.54. The van der Waals surface area contributed by atoms with Crippen molar-refractivity contribution in [1.82, 2.24) is 19.4 Å². The van der Waals surface area contributed by atoms with E-state index in [-0.39, 0.29) is 0 Å². The van der Waals surface area contributed by atoms with Crippen LogP contribution in [-0.4, -0.2) is 52.6 Å². The zero-order valence-electron chi connectivity index (χ0n) is 11.1. The lowest BCUT2D eigenvalue weighted by Gasteiger charge is -2.21. The molecule has 1 aliphatic rings. The zero-order chi connectivity index (χ0) is 12.1. The minimum Gasteiger partial charge on any atom is -0.334 e. The first-order chi connectivity index (χ1) is 8.29. The van der Waals surface area contributed by atoms with Gasteiger partial charge in [0.2, 0.25) is 0 Å². The molecule has 0 aromatic carbocycles. The maximum absolute atomic E-state index is 4.21. The molecule has 2 heterocycles. The van der Waals surface area contributed by atoms with Gasteiger partial charge in [0.25, 0.3) is 0 Å². The van der Waals surface area contributed by atoms with Crippen LogP contribution in [0.2, 0.25) is 0 Å². The van der Waals surface area contributed by atoms with Gasteiger partial charge in [-0.05, 0) is 39.9 Å². The van der Waals surface area contributed by atoms with Crippen molar-refractivity contribution in [2.75, 3.05) is 33.2 Å². The number of likely N-dealkylation sites (tertiary alicyclic amines) is 1. The Balaban J connectivity index is 1.74. The fourth-order valence-electron chi connectivity index (χ4n) is 2.44. The van der Waals surface area contributed by atoms with E-state index in [1.165, 1.54) is 38.2 Å². The number of likely N-dealkylation sites (N-methyl/N-ethyl adjacent to an activating group) is 1. The summed E-state index contributed by atoms with van der Waals surface area (Å²) >= 11 is 0. The summed E-state index contributed by atoms with van der Waals surface area (Å²) in [6.07, 6.45) is 6.66. The standard InChI is InChI=1S/C13H24N4/c1-3-17-12-14-10-13(17)11-15(2)8-9-16-6-4-5-7-16/h10,12H,3-9,11H2,1-2H3. The SMILES string of the molecule is CCn1cncc1CN(C)CCN1CCCC1. The van der Waals surface area contributed by atoms with Crippen LogP contribution < -0.4 is 0 Å². The van der Waals surface area contributed by atoms with E-state index < -0.39 is 0 Å². The van der Waals surface area contributed by atoms with Crippen LogP contribution in [0.25, 0.3) is 0 Å². The van der Waals surface area contributed by atoms with Crippen LogP contribution in [-0.2, 0) is 13.1 Å². The van der Waals surface area contributed by atoms with Gasteiger partial charge in [0, 0.05) is 32.4 Å². The highest BCUT2D eigenvalue weighted by atomic mass is 15.2. The first kappa shape index (κ1) is 12.6. The smallest absolute Gasteiger partial charge is 0.0948 e. The van der Waals surface area contributed by atoms with Gasteiger partial charge in [-0.3, -0.25) is 4.90 Å². The monoisotopic (exact) mass is 236 g/mol. The van der Waals surface area contributed by atoms with Gasteiger partial charge in [0.1, 0.15) is 0 Å². The molecule has 0 amide bonds. The van der Waals surface area contributed by atoms with E-state index in [2.05, 4.69) is 33.3 Å². The average Bonchev–Trinajstić information content (AvgIpc) is 2.97. The Morgan fingerprint density at radius 2 is 2.12 bits per heavy atom. The number of hydrogen-bond donors (Lipinski definition) is 0. The quantitative estimate of drug-likeness (QED) is 0.747. The fourth-order valence-corrected chi connectivity index (χ4v) is 2.44. The summed E-state index contributed by atoms with van der Waals surface area (Å²) in [6, 6.07) is 0. The molecule has 0 atom stereocenters. The molecule has 0 unspecified atom stereocenters. The van der Waals surface area contributed by atoms with Gasteiger partial charge < -0.3 is 9.47 Å². The molecule has 17 heavy (non-hydrogen) atoms. The molecule has 96 valence electrons. The molecule has 1 aromatic rings. The largest absolute Gasteiger partial charge is 0.334 e. The summed E-state index contributed by atoms with van der Waals surface area (Å²) in [5.41, 5.74) is 1.32. The molecule has 0 spiro atoms. The Hall–Kier alpha value is -0.870. The Bertz CT molecular complexity index is 328. The van der Waals surface area contributed by atoms with Crippen LogP contribution in [0.4, 0.5) is 0 Å². The predicted octanol–water partition coefficient (Wildman–Crippen LogP) is 1.43. The van der Waals surface area contributed by atoms with Crippen molar-refractivity contribution < 1.29 is 0 Å². The summed E-state index contributed by atoms with van der Waals surface area (Å²) in [5.74, 6) is 0. The molecule has 2 rings (SSSR count). The van der Waals surface area contributed by atoms with Gasteiger partial charge in [0.05, 0.1) is 12.0 Å². The lowest BCUT2D eigenvalue weighted by Crippen LogP contribution is -2.31. The van der Waals surface area contributed by atoms with Crippen molar-refractivity contribution >= 4 is 0 Å². The van der Waals surface area contributed by atoms with Crippen LogP contribution in [0.5, 0.6) is 0 Å². The first-order valence-electron chi connectivity index (χ1n) is 6.69. The van der Waals surface area contributed by atoms with E-state index in [4.69, 9.17) is 0 Å². The molecule has 0 N–H and O–H groups in total. The fraction of sp³-hybridized carbons (Fsp3) is 0.769. The van der Waals surface area contributed by atoms with Crippen LogP contribution >= 0.6 is 0 Å². The van der Waals surface area contributed by atoms with Crippen molar-refractivity contribution in [3.05, 3.63) is 18.2 Å². The number of aromatic nitrogens is 2. The van der Waals surface area contributed by atoms with E-state index in [9.17, 15) is 0 Å². The molecular weight excluding hydrogens is 212 g/mol. The van der Waals surface area contributed by atoms with Crippen molar-refractivity contribution in [2.24, 2.45) is 0 Å². The summed E-state index contributed by atoms with van der Waals surface area (Å²) in [7, 11) is 2.20. The second kappa shape index (κ2) is 6.17. The molecule has 1 aromatic heterocycles. The molecule has 0 bridgehead atoms. The summed E-state index contributed by atoms with van der Waals surface area (Å²) in [6.45, 7) is 9.11. The average molecular weight is 236 g/mol. The van der Waals surface area contributed by atoms with E-state index in [1.54, 1.807) is 0 Å². The molecular formula is C13H24N4. The minimum absolute atomic E-state index is 1.00. The maximum atomic E-state index is 4.21. The first-order valence-corrected chi connectivity index (χ1v) is 6.69. The van der Waals surface area contributed by atoms with E-state index >= 15 is 0 Å². The van der Waals surface area contributed by atoms with Crippen molar-refractivity contribution in [3.63, 3.8) is 0 Å². The van der Waals surface area contributed by atoms with Crippen molar-refractivity contribution in [1.29, 1.82) is 0 Å². The number of nitrogens with zero attached hydrogens (tertiary/aromatic N) is 4. The third-order valence-corrected chi connectivity index (χ3v) is 3.57. The van der Waals surface area contributed by atoms with Gasteiger partial charge in [-0.15, -0.1) is 0 Å². The lowest BCUT2D eigenvalue weighted by atomic mass is 10.4. The molecule has 4 heteroatoms. The van der Waals surface area contributed by atoms with Crippen LogP contribution in [0.3, 0.4) is 0 Å². The zero-order valence-corrected chi connectivity index (χ0v) is 11.1. The summed E-state index contributed by atoms with van der Waals surface area (Å²) in [4.78, 5) is 9.16. The molecule has 0 saturated carbocycles. The van der Waals surface area contributed by atoms with Crippen LogP contribution in [0, 0.1) is 0 Å². The number of rotatable bonds is 6. The van der Waals surface area contributed by atoms with E-state index in [0.29, 0.717) is 0 Å². The highest BCUT2D eigenvalue weighted by molar-refractivity contribution is 4.97. The maximum Gasteiger partial charge on any atom is 0.0948 e. The number of imidazole rings is 1. The highest BCUT2D eigenvalue weighted by Crippen LogP contribution is 2.07. The Morgan fingerprint density at radius 3 is 2.82 bits per heavy atom. The van der Waals surface area contributed by atoms with Gasteiger partial charge in [-0.2, -0.15) is 0 Å². The lowest BCUT2D eigenvalue weighted by molar-refractivity contribution is 0.249. The Morgan fingerprint density at radius 1 is 1.35 bits per heavy atom. The topological polar surface area (TPSA) is 24.3 Å². The molecule has 0 aliphatic carbocycles. The van der Waals surface area contributed by atoms with E-state index in [1.807, 2.05) is 12.5 Å². The van der Waals surface area contributed by atoms with Crippen molar-refractivity contribution in [3.8, 4) is 0 Å². The Kier molecular flexibility index (Phi) is 4.57. The van der Waals surface area contributed by atoms with Gasteiger partial charge in [0.15, 0.2) is 0 Å². The van der Waals surface area contributed by atoms with Crippen LogP contribution in [0.1, 0.15) is 25.5 Å². The van der Waals surface area contributed by atoms with Gasteiger partial charge in [-0.25, -0.2) is 4.98 Å². The van der Waals surface area contributed by atoms with Crippen molar-refractivity contribution in [2.45, 2.75) is 32.9 Å². The molecule has 4 nitrogen and oxygen atoms in total. The second-order valence-electron chi connectivity index (χ2n) is 4.96. The second-order valence-corrected chi connectivity index (χ2v) is 4.96. The number of hydrogen-bond acceptors (Lipinski definition) is 3. The van der Waals surface area contributed by atoms with Crippen LogP contribution in [0.15, 0.2) is 12.5 Å². The van der Waals surface area contributed by atoms with E-state index in [0.717, 1.165) is 19.6 Å². The molecule has 1 saturated heterocycles. The Labute approximate surface area is 104 Å². The molecule has 0 radical (unpaired) electrons. The normalized spacial score (nSPS) is 17.1. The number of aryl methyl sites for hydroxylation is 1.